The first kappa shape index (κ1) is 17.5. The van der Waals surface area contributed by atoms with Crippen molar-refractivity contribution in [3.8, 4) is 0 Å². The van der Waals surface area contributed by atoms with Gasteiger partial charge in [0.05, 0.1) is 5.69 Å². The molecule has 0 aliphatic heterocycles. The van der Waals surface area contributed by atoms with Crippen LogP contribution in [0.4, 0.5) is 5.69 Å². The van der Waals surface area contributed by atoms with Crippen LogP contribution in [0.2, 0.25) is 0 Å². The van der Waals surface area contributed by atoms with Gasteiger partial charge in [0, 0.05) is 18.8 Å². The highest BCUT2D eigenvalue weighted by Gasteiger charge is 2.18. The molecule has 1 aromatic heterocycles. The number of aromatic carboxylic acids is 1. The minimum atomic E-state index is -0.945. The summed E-state index contributed by atoms with van der Waals surface area (Å²) in [6.07, 6.45) is 0.807. The quantitative estimate of drug-likeness (QED) is 0.741. The van der Waals surface area contributed by atoms with Gasteiger partial charge < -0.3 is 15.0 Å². The van der Waals surface area contributed by atoms with E-state index in [1.54, 1.807) is 11.5 Å². The number of aromatic nitrogens is 2. The van der Waals surface area contributed by atoms with E-state index in [-0.39, 0.29) is 5.69 Å². The van der Waals surface area contributed by atoms with E-state index in [2.05, 4.69) is 59.1 Å². The van der Waals surface area contributed by atoms with E-state index in [0.29, 0.717) is 17.0 Å². The van der Waals surface area contributed by atoms with E-state index < -0.39 is 5.97 Å². The zero-order chi connectivity index (χ0) is 17.1. The fourth-order valence-corrected chi connectivity index (χ4v) is 3.54. The normalized spacial score (nSPS) is 10.8. The van der Waals surface area contributed by atoms with Gasteiger partial charge in [-0.2, -0.15) is 0 Å². The van der Waals surface area contributed by atoms with Gasteiger partial charge in [-0.3, -0.25) is 0 Å². The minimum absolute atomic E-state index is 0.250. The summed E-state index contributed by atoms with van der Waals surface area (Å²) >= 11 is 3.33. The second-order valence-corrected chi connectivity index (χ2v) is 6.53. The van der Waals surface area contributed by atoms with Crippen molar-refractivity contribution in [2.75, 3.05) is 11.9 Å². The predicted octanol–water partition coefficient (Wildman–Crippen LogP) is 4.08. The Morgan fingerprint density at radius 1 is 1.26 bits per heavy atom. The topological polar surface area (TPSA) is 67.2 Å². The van der Waals surface area contributed by atoms with Crippen molar-refractivity contribution >= 4 is 27.6 Å². The summed E-state index contributed by atoms with van der Waals surface area (Å²) < 4.78 is 2.27. The van der Waals surface area contributed by atoms with Crippen molar-refractivity contribution in [1.82, 2.24) is 9.55 Å². The molecule has 6 heteroatoms. The van der Waals surface area contributed by atoms with Crippen LogP contribution in [0.25, 0.3) is 0 Å². The first-order valence-electron chi connectivity index (χ1n) is 7.59. The molecule has 5 nitrogen and oxygen atoms in total. The number of rotatable bonds is 6. The Balaban J connectivity index is 2.01. The number of carboxylic acids is 1. The molecule has 0 fully saturated rings. The van der Waals surface area contributed by atoms with Gasteiger partial charge in [0.15, 0.2) is 10.4 Å². The minimum Gasteiger partial charge on any atom is -0.477 e. The molecule has 0 radical (unpaired) electrons. The maximum atomic E-state index is 11.3. The molecule has 0 amide bonds. The third-order valence-corrected chi connectivity index (χ3v) is 4.44. The van der Waals surface area contributed by atoms with E-state index in [1.165, 1.54) is 16.7 Å². The van der Waals surface area contributed by atoms with Crippen LogP contribution in [-0.4, -0.2) is 27.2 Å². The van der Waals surface area contributed by atoms with Gasteiger partial charge in [0.25, 0.3) is 0 Å². The van der Waals surface area contributed by atoms with Crippen LogP contribution < -0.4 is 5.32 Å². The molecular weight excluding hydrogens is 358 g/mol. The first-order chi connectivity index (χ1) is 10.8. The number of nitrogens with zero attached hydrogens (tertiary/aromatic N) is 2. The Labute approximate surface area is 144 Å². The molecule has 0 atom stereocenters. The number of carboxylic acid groups (broad SMARTS) is 1. The van der Waals surface area contributed by atoms with Crippen molar-refractivity contribution in [1.29, 1.82) is 0 Å². The molecule has 1 aromatic carbocycles. The van der Waals surface area contributed by atoms with E-state index >= 15 is 0 Å². The van der Waals surface area contributed by atoms with Gasteiger partial charge >= 0.3 is 5.97 Å². The molecule has 0 saturated carbocycles. The largest absolute Gasteiger partial charge is 0.477 e. The fraction of sp³-hybridized carbons (Fsp3) is 0.412. The van der Waals surface area contributed by atoms with Crippen LogP contribution in [0.5, 0.6) is 0 Å². The second-order valence-electron chi connectivity index (χ2n) is 5.83. The van der Waals surface area contributed by atoms with Crippen molar-refractivity contribution in [3.63, 3.8) is 0 Å². The van der Waals surface area contributed by atoms with Gasteiger partial charge in [-0.05, 0) is 61.2 Å². The van der Waals surface area contributed by atoms with Crippen LogP contribution in [0.15, 0.2) is 16.9 Å². The number of benzene rings is 1. The Bertz CT molecular complexity index is 715. The van der Waals surface area contributed by atoms with Crippen molar-refractivity contribution in [3.05, 3.63) is 44.9 Å². The molecule has 2 aromatic rings. The molecule has 1 heterocycles. The highest BCUT2D eigenvalue weighted by molar-refractivity contribution is 9.10. The number of hydrogen-bond acceptors (Lipinski definition) is 3. The number of aryl methyl sites for hydroxylation is 4. The molecule has 2 rings (SSSR count). The molecule has 0 aliphatic rings. The van der Waals surface area contributed by atoms with Crippen molar-refractivity contribution < 1.29 is 9.90 Å². The lowest BCUT2D eigenvalue weighted by molar-refractivity contribution is 0.0683. The van der Waals surface area contributed by atoms with Crippen LogP contribution in [-0.2, 0) is 6.54 Å². The summed E-state index contributed by atoms with van der Waals surface area (Å²) in [6.45, 7) is 9.37. The third-order valence-electron chi connectivity index (χ3n) is 3.84. The monoisotopic (exact) mass is 379 g/mol. The molecule has 0 bridgehead atoms. The lowest BCUT2D eigenvalue weighted by Crippen LogP contribution is -2.13. The molecule has 124 valence electrons. The molecule has 2 N–H and O–H groups in total. The van der Waals surface area contributed by atoms with Crippen LogP contribution in [0.3, 0.4) is 0 Å². The summed E-state index contributed by atoms with van der Waals surface area (Å²) in [7, 11) is 0. The zero-order valence-electron chi connectivity index (χ0n) is 13.9. The Kier molecular flexibility index (Phi) is 5.46. The Hall–Kier alpha value is -1.82. The number of hydrogen-bond donors (Lipinski definition) is 2. The summed E-state index contributed by atoms with van der Waals surface area (Å²) in [4.78, 5) is 15.5. The predicted molar refractivity (Wildman–Crippen MR) is 95.4 cm³/mol. The van der Waals surface area contributed by atoms with Crippen LogP contribution >= 0.6 is 15.9 Å². The highest BCUT2D eigenvalue weighted by Crippen LogP contribution is 2.22. The Morgan fingerprint density at radius 3 is 2.43 bits per heavy atom. The van der Waals surface area contributed by atoms with Gasteiger partial charge in [0.1, 0.15) is 0 Å². The lowest BCUT2D eigenvalue weighted by atomic mass is 10.1. The van der Waals surface area contributed by atoms with E-state index in [1.807, 2.05) is 0 Å². The number of imidazole rings is 1. The molecular formula is C17H22BrN3O2. The zero-order valence-corrected chi connectivity index (χ0v) is 15.5. The summed E-state index contributed by atoms with van der Waals surface area (Å²) in [6, 6.07) is 4.32. The van der Waals surface area contributed by atoms with Crippen molar-refractivity contribution in [2.45, 2.75) is 40.7 Å². The Morgan fingerprint density at radius 2 is 1.87 bits per heavy atom. The summed E-state index contributed by atoms with van der Waals surface area (Å²) in [5.41, 5.74) is 5.66. The molecule has 0 saturated heterocycles. The van der Waals surface area contributed by atoms with E-state index in [0.717, 1.165) is 18.7 Å². The number of anilines is 1. The van der Waals surface area contributed by atoms with Crippen LogP contribution in [0, 0.1) is 27.7 Å². The lowest BCUT2D eigenvalue weighted by Gasteiger charge is -2.14. The number of halogens is 1. The van der Waals surface area contributed by atoms with Gasteiger partial charge in [-0.25, -0.2) is 9.78 Å². The van der Waals surface area contributed by atoms with Crippen molar-refractivity contribution in [2.24, 2.45) is 0 Å². The van der Waals surface area contributed by atoms with E-state index in [9.17, 15) is 9.90 Å². The number of nitrogens with one attached hydrogen (secondary N) is 1. The smallest absolute Gasteiger partial charge is 0.354 e. The molecule has 23 heavy (non-hydrogen) atoms. The van der Waals surface area contributed by atoms with E-state index in [4.69, 9.17) is 0 Å². The van der Waals surface area contributed by atoms with Gasteiger partial charge in [-0.1, -0.05) is 17.7 Å². The maximum Gasteiger partial charge on any atom is 0.354 e. The molecule has 0 spiro atoms. The maximum absolute atomic E-state index is 11.3. The molecule has 0 aliphatic carbocycles. The second kappa shape index (κ2) is 7.17. The third kappa shape index (κ3) is 3.93. The average molecular weight is 380 g/mol. The fourth-order valence-electron chi connectivity index (χ4n) is 2.92. The number of carbonyl (C=O) groups is 1. The van der Waals surface area contributed by atoms with Gasteiger partial charge in [0.2, 0.25) is 0 Å². The first-order valence-corrected chi connectivity index (χ1v) is 8.38. The molecule has 0 unspecified atom stereocenters. The van der Waals surface area contributed by atoms with Gasteiger partial charge in [-0.15, -0.1) is 0 Å². The SMILES string of the molecule is Cc1cc(C)c(NCCCn2c(Br)nc(C)c2C(=O)O)c(C)c1. The summed E-state index contributed by atoms with van der Waals surface area (Å²) in [5.74, 6) is -0.945. The highest BCUT2D eigenvalue weighted by atomic mass is 79.9. The average Bonchev–Trinajstić information content (AvgIpc) is 2.71. The standard InChI is InChI=1S/C17H22BrN3O2/c1-10-8-11(2)14(12(3)9-10)19-6-5-7-21-15(16(22)23)13(4)20-17(21)18/h8-9,19H,5-7H2,1-4H3,(H,22,23). The summed E-state index contributed by atoms with van der Waals surface area (Å²) in [5, 5.41) is 12.8. The van der Waals surface area contributed by atoms with Crippen LogP contribution in [0.1, 0.15) is 39.3 Å².